The number of carbonyl (C=O) groups excluding carboxylic acids is 1. The first-order valence-corrected chi connectivity index (χ1v) is 9.46. The highest BCUT2D eigenvalue weighted by molar-refractivity contribution is 7.88. The third kappa shape index (κ3) is 4.11. The van der Waals surface area contributed by atoms with E-state index in [0.29, 0.717) is 25.1 Å². The second kappa shape index (κ2) is 7.14. The molecule has 2 aromatic rings. The van der Waals surface area contributed by atoms with Crippen LogP contribution in [0, 0.1) is 0 Å². The third-order valence-electron chi connectivity index (χ3n) is 3.88. The first-order chi connectivity index (χ1) is 10.8. The van der Waals surface area contributed by atoms with Crippen LogP contribution in [-0.2, 0) is 16.6 Å². The van der Waals surface area contributed by atoms with Gasteiger partial charge in [-0.2, -0.15) is 0 Å². The predicted molar refractivity (Wildman–Crippen MR) is 92.0 cm³/mol. The first kappa shape index (κ1) is 17.5. The van der Waals surface area contributed by atoms with Crippen molar-refractivity contribution in [3.8, 4) is 0 Å². The quantitative estimate of drug-likeness (QED) is 0.781. The van der Waals surface area contributed by atoms with Crippen LogP contribution in [0.5, 0.6) is 0 Å². The number of para-hydroxylation sites is 1. The molecule has 0 aliphatic carbocycles. The Kier molecular flexibility index (Phi) is 5.43. The number of hydrogen-bond acceptors (Lipinski definition) is 3. The molecule has 1 amide bonds. The molecule has 0 spiro atoms. The van der Waals surface area contributed by atoms with E-state index in [1.54, 1.807) is 0 Å². The fourth-order valence-electron chi connectivity index (χ4n) is 2.45. The molecule has 7 heteroatoms. The van der Waals surface area contributed by atoms with Crippen LogP contribution in [0.3, 0.4) is 0 Å². The summed E-state index contributed by atoms with van der Waals surface area (Å²) < 4.78 is 25.9. The predicted octanol–water partition coefficient (Wildman–Crippen LogP) is 1.67. The van der Waals surface area contributed by atoms with Gasteiger partial charge < -0.3 is 9.88 Å². The van der Waals surface area contributed by atoms with Gasteiger partial charge in [-0.3, -0.25) is 4.79 Å². The molecule has 0 bridgehead atoms. The third-order valence-corrected chi connectivity index (χ3v) is 5.19. The lowest BCUT2D eigenvalue weighted by molar-refractivity contribution is 0.0954. The molecule has 126 valence electrons. The van der Waals surface area contributed by atoms with Crippen LogP contribution in [0.25, 0.3) is 10.9 Å². The van der Waals surface area contributed by atoms with Gasteiger partial charge in [-0.1, -0.05) is 18.2 Å². The number of nitrogens with zero attached hydrogens (tertiary/aromatic N) is 2. The van der Waals surface area contributed by atoms with Crippen LogP contribution in [0.4, 0.5) is 0 Å². The number of benzene rings is 1. The number of sulfonamides is 1. The minimum atomic E-state index is -3.17. The second-order valence-corrected chi connectivity index (χ2v) is 7.63. The number of carbonyl (C=O) groups is 1. The summed E-state index contributed by atoms with van der Waals surface area (Å²) in [5, 5.41) is 3.79. The molecule has 1 heterocycles. The van der Waals surface area contributed by atoms with Gasteiger partial charge in [-0.05, 0) is 19.4 Å². The van der Waals surface area contributed by atoms with Crippen LogP contribution < -0.4 is 5.32 Å². The van der Waals surface area contributed by atoms with Crippen molar-refractivity contribution < 1.29 is 13.2 Å². The second-order valence-electron chi connectivity index (χ2n) is 5.54. The van der Waals surface area contributed by atoms with Crippen LogP contribution in [0.1, 0.15) is 23.7 Å². The van der Waals surface area contributed by atoms with Gasteiger partial charge in [0.2, 0.25) is 10.0 Å². The molecule has 6 nitrogen and oxygen atoms in total. The van der Waals surface area contributed by atoms with E-state index < -0.39 is 10.0 Å². The van der Waals surface area contributed by atoms with Crippen molar-refractivity contribution in [2.75, 3.05) is 26.4 Å². The van der Waals surface area contributed by atoms with E-state index in [2.05, 4.69) is 5.32 Å². The molecule has 23 heavy (non-hydrogen) atoms. The fraction of sp³-hybridized carbons (Fsp3) is 0.438. The van der Waals surface area contributed by atoms with E-state index in [1.807, 2.05) is 42.0 Å². The van der Waals surface area contributed by atoms with Crippen LogP contribution >= 0.6 is 0 Å². The van der Waals surface area contributed by atoms with Crippen LogP contribution in [-0.4, -0.2) is 49.6 Å². The molecule has 0 unspecified atom stereocenters. The largest absolute Gasteiger partial charge is 0.352 e. The summed E-state index contributed by atoms with van der Waals surface area (Å²) in [5.74, 6) is -0.129. The van der Waals surface area contributed by atoms with Crippen LogP contribution in [0.2, 0.25) is 0 Å². The molecular weight excluding hydrogens is 314 g/mol. The highest BCUT2D eigenvalue weighted by Gasteiger charge is 2.14. The molecule has 1 aromatic carbocycles. The average Bonchev–Trinajstić information content (AvgIpc) is 2.89. The molecular formula is C16H23N3O3S. The summed E-state index contributed by atoms with van der Waals surface area (Å²) in [5.41, 5.74) is 1.69. The zero-order chi connectivity index (χ0) is 17.0. The minimum absolute atomic E-state index is 0.129. The van der Waals surface area contributed by atoms with Gasteiger partial charge in [0.1, 0.15) is 0 Å². The average molecular weight is 337 g/mol. The summed E-state index contributed by atoms with van der Waals surface area (Å²) in [7, 11) is -1.63. The van der Waals surface area contributed by atoms with E-state index in [0.717, 1.165) is 17.4 Å². The molecule has 2 rings (SSSR count). The lowest BCUT2D eigenvalue weighted by Gasteiger charge is -2.13. The van der Waals surface area contributed by atoms with Gasteiger partial charge >= 0.3 is 0 Å². The van der Waals surface area contributed by atoms with Crippen LogP contribution in [0.15, 0.2) is 30.5 Å². The van der Waals surface area contributed by atoms with Crippen molar-refractivity contribution in [2.45, 2.75) is 19.9 Å². The molecule has 0 aliphatic rings. The number of aromatic nitrogens is 1. The van der Waals surface area contributed by atoms with Gasteiger partial charge in [0.15, 0.2) is 0 Å². The van der Waals surface area contributed by atoms with E-state index in [9.17, 15) is 13.2 Å². The van der Waals surface area contributed by atoms with Crippen molar-refractivity contribution in [3.05, 3.63) is 36.0 Å². The molecule has 0 aliphatic heterocycles. The summed E-state index contributed by atoms with van der Waals surface area (Å²) in [6, 6.07) is 7.81. The number of nitrogens with one attached hydrogen (secondary N) is 1. The summed E-state index contributed by atoms with van der Waals surface area (Å²) in [6.45, 7) is 3.66. The summed E-state index contributed by atoms with van der Waals surface area (Å²) in [4.78, 5) is 12.4. The van der Waals surface area contributed by atoms with Crippen molar-refractivity contribution in [1.29, 1.82) is 0 Å². The van der Waals surface area contributed by atoms with Crippen molar-refractivity contribution in [2.24, 2.45) is 0 Å². The van der Waals surface area contributed by atoms with E-state index >= 15 is 0 Å². The standard InChI is InChI=1S/C16H23N3O3S/c1-4-19-12-14(13-8-5-6-9-15(13)19)16(20)17-10-7-11-18(2)23(3,21)22/h5-6,8-9,12H,4,7,10-11H2,1-3H3,(H,17,20). The van der Waals surface area contributed by atoms with E-state index in [1.165, 1.54) is 17.6 Å². The Morgan fingerprint density at radius 3 is 2.65 bits per heavy atom. The molecule has 0 saturated heterocycles. The SMILES string of the molecule is CCn1cc(C(=O)NCCCN(C)S(C)(=O)=O)c2ccccc21. The van der Waals surface area contributed by atoms with Gasteiger partial charge in [0.25, 0.3) is 5.91 Å². The van der Waals surface area contributed by atoms with Crippen molar-refractivity contribution in [3.63, 3.8) is 0 Å². The molecule has 0 fully saturated rings. The molecule has 0 saturated carbocycles. The Labute approximate surface area is 137 Å². The molecule has 1 N–H and O–H groups in total. The smallest absolute Gasteiger partial charge is 0.253 e. The molecule has 0 atom stereocenters. The number of amides is 1. The van der Waals surface area contributed by atoms with Gasteiger partial charge in [0, 0.05) is 43.8 Å². The zero-order valence-corrected chi connectivity index (χ0v) is 14.6. The molecule has 0 radical (unpaired) electrons. The van der Waals surface area contributed by atoms with Crippen molar-refractivity contribution in [1.82, 2.24) is 14.2 Å². The molecule has 1 aromatic heterocycles. The fourth-order valence-corrected chi connectivity index (χ4v) is 2.91. The Bertz CT molecular complexity index is 796. The van der Waals surface area contributed by atoms with Crippen molar-refractivity contribution >= 4 is 26.8 Å². The number of fused-ring (bicyclic) bond motifs is 1. The number of hydrogen-bond donors (Lipinski definition) is 1. The topological polar surface area (TPSA) is 71.4 Å². The zero-order valence-electron chi connectivity index (χ0n) is 13.7. The Morgan fingerprint density at radius 1 is 1.30 bits per heavy atom. The summed E-state index contributed by atoms with van der Waals surface area (Å²) in [6.07, 6.45) is 3.61. The normalized spacial score (nSPS) is 12.0. The maximum absolute atomic E-state index is 12.4. The Hall–Kier alpha value is -1.86. The first-order valence-electron chi connectivity index (χ1n) is 7.62. The maximum Gasteiger partial charge on any atom is 0.253 e. The maximum atomic E-state index is 12.4. The van der Waals surface area contributed by atoms with E-state index in [4.69, 9.17) is 0 Å². The minimum Gasteiger partial charge on any atom is -0.352 e. The highest BCUT2D eigenvalue weighted by atomic mass is 32.2. The number of rotatable bonds is 7. The highest BCUT2D eigenvalue weighted by Crippen LogP contribution is 2.21. The van der Waals surface area contributed by atoms with Gasteiger partial charge in [-0.25, -0.2) is 12.7 Å². The van der Waals surface area contributed by atoms with Gasteiger partial charge in [-0.15, -0.1) is 0 Å². The van der Waals surface area contributed by atoms with E-state index in [-0.39, 0.29) is 5.91 Å². The lowest BCUT2D eigenvalue weighted by Crippen LogP contribution is -2.30. The Balaban J connectivity index is 1.99. The van der Waals surface area contributed by atoms with Gasteiger partial charge in [0.05, 0.1) is 11.8 Å². The number of aryl methyl sites for hydroxylation is 1. The summed E-state index contributed by atoms with van der Waals surface area (Å²) >= 11 is 0. The lowest BCUT2D eigenvalue weighted by atomic mass is 10.1. The monoisotopic (exact) mass is 337 g/mol. The Morgan fingerprint density at radius 2 is 2.00 bits per heavy atom.